The lowest BCUT2D eigenvalue weighted by Crippen LogP contribution is -2.14. The Morgan fingerprint density at radius 2 is 2.00 bits per heavy atom. The minimum absolute atomic E-state index is 0.0148. The predicted molar refractivity (Wildman–Crippen MR) is 101 cm³/mol. The minimum atomic E-state index is -0.416. The highest BCUT2D eigenvalue weighted by Crippen LogP contribution is 2.29. The van der Waals surface area contributed by atoms with Crippen LogP contribution in [0.2, 0.25) is 5.02 Å². The molecule has 0 saturated carbocycles. The third-order valence-electron chi connectivity index (χ3n) is 3.68. The van der Waals surface area contributed by atoms with Crippen molar-refractivity contribution in [1.82, 2.24) is 9.78 Å². The van der Waals surface area contributed by atoms with Gasteiger partial charge in [-0.3, -0.25) is 4.79 Å². The van der Waals surface area contributed by atoms with Crippen molar-refractivity contribution in [3.8, 4) is 17.2 Å². The highest BCUT2D eigenvalue weighted by atomic mass is 35.5. The zero-order valence-electron chi connectivity index (χ0n) is 13.7. The second kappa shape index (κ2) is 7.68. The molecule has 0 saturated heterocycles. The average Bonchev–Trinajstić information content (AvgIpc) is 3.08. The fourth-order valence-electron chi connectivity index (χ4n) is 2.37. The summed E-state index contributed by atoms with van der Waals surface area (Å²) in [4.78, 5) is 12.6. The SMILES string of the molecule is COc1cc(NC(=O)c2nn(-c3ccc(Cl)cc3)cc2CCl)ccc1O. The molecule has 0 aliphatic carbocycles. The summed E-state index contributed by atoms with van der Waals surface area (Å²) < 4.78 is 6.61. The summed E-state index contributed by atoms with van der Waals surface area (Å²) in [6, 6.07) is 11.6. The third-order valence-corrected chi connectivity index (χ3v) is 4.22. The Labute approximate surface area is 159 Å². The van der Waals surface area contributed by atoms with Crippen molar-refractivity contribution in [2.45, 2.75) is 5.88 Å². The number of phenolic OH excluding ortho intramolecular Hbond substituents is 1. The van der Waals surface area contributed by atoms with E-state index in [0.29, 0.717) is 16.3 Å². The number of carbonyl (C=O) groups is 1. The van der Waals surface area contributed by atoms with Crippen molar-refractivity contribution in [3.05, 3.63) is 64.9 Å². The molecule has 1 amide bonds. The number of anilines is 1. The van der Waals surface area contributed by atoms with E-state index in [1.54, 1.807) is 41.2 Å². The molecule has 26 heavy (non-hydrogen) atoms. The lowest BCUT2D eigenvalue weighted by Gasteiger charge is -2.08. The van der Waals surface area contributed by atoms with E-state index in [1.165, 1.54) is 19.2 Å². The summed E-state index contributed by atoms with van der Waals surface area (Å²) in [7, 11) is 1.43. The first-order valence-corrected chi connectivity index (χ1v) is 8.52. The molecule has 0 spiro atoms. The number of alkyl halides is 1. The number of carbonyl (C=O) groups excluding carboxylic acids is 1. The Bertz CT molecular complexity index is 939. The molecular weight excluding hydrogens is 377 g/mol. The monoisotopic (exact) mass is 391 g/mol. The maximum absolute atomic E-state index is 12.6. The number of benzene rings is 2. The van der Waals surface area contributed by atoms with Gasteiger partial charge in [-0.1, -0.05) is 11.6 Å². The van der Waals surface area contributed by atoms with E-state index in [1.807, 2.05) is 0 Å². The third kappa shape index (κ3) is 3.76. The van der Waals surface area contributed by atoms with Crippen molar-refractivity contribution in [2.75, 3.05) is 12.4 Å². The van der Waals surface area contributed by atoms with Gasteiger partial charge in [0.15, 0.2) is 17.2 Å². The van der Waals surface area contributed by atoms with Gasteiger partial charge in [-0.15, -0.1) is 11.6 Å². The fourth-order valence-corrected chi connectivity index (χ4v) is 2.69. The van der Waals surface area contributed by atoms with E-state index in [2.05, 4.69) is 10.4 Å². The molecule has 1 aromatic heterocycles. The molecule has 0 atom stereocenters. The van der Waals surface area contributed by atoms with Crippen LogP contribution >= 0.6 is 23.2 Å². The maximum Gasteiger partial charge on any atom is 0.276 e. The van der Waals surface area contributed by atoms with Crippen LogP contribution in [0, 0.1) is 0 Å². The summed E-state index contributed by atoms with van der Waals surface area (Å²) >= 11 is 11.9. The first-order chi connectivity index (χ1) is 12.5. The number of halogens is 2. The standard InChI is InChI=1S/C18H15Cl2N3O3/c1-26-16-8-13(4-7-15(16)24)21-18(25)17-11(9-19)10-23(22-17)14-5-2-12(20)3-6-14/h2-8,10,24H,9H2,1H3,(H,21,25). The van der Waals surface area contributed by atoms with Crippen molar-refractivity contribution < 1.29 is 14.6 Å². The molecule has 2 aromatic carbocycles. The van der Waals surface area contributed by atoms with Gasteiger partial charge in [0.25, 0.3) is 5.91 Å². The number of nitrogens with zero attached hydrogens (tertiary/aromatic N) is 2. The van der Waals surface area contributed by atoms with Crippen LogP contribution in [-0.2, 0) is 5.88 Å². The van der Waals surface area contributed by atoms with Gasteiger partial charge in [-0.25, -0.2) is 4.68 Å². The molecule has 0 aliphatic heterocycles. The Morgan fingerprint density at radius 1 is 1.27 bits per heavy atom. The second-order valence-corrected chi connectivity index (χ2v) is 6.10. The summed E-state index contributed by atoms with van der Waals surface area (Å²) in [5.41, 5.74) is 2.02. The normalized spacial score (nSPS) is 10.6. The zero-order valence-corrected chi connectivity index (χ0v) is 15.3. The summed E-state index contributed by atoms with van der Waals surface area (Å²) in [5, 5.41) is 17.3. The molecule has 3 aromatic rings. The van der Waals surface area contributed by atoms with Crippen LogP contribution in [-0.4, -0.2) is 27.9 Å². The Hall–Kier alpha value is -2.70. The number of phenols is 1. The molecule has 0 unspecified atom stereocenters. The van der Waals surface area contributed by atoms with E-state index >= 15 is 0 Å². The summed E-state index contributed by atoms with van der Waals surface area (Å²) in [6.45, 7) is 0. The highest BCUT2D eigenvalue weighted by Gasteiger charge is 2.18. The van der Waals surface area contributed by atoms with Crippen LogP contribution in [0.4, 0.5) is 5.69 Å². The Morgan fingerprint density at radius 3 is 2.65 bits per heavy atom. The van der Waals surface area contributed by atoms with Crippen LogP contribution in [0.5, 0.6) is 11.5 Å². The van der Waals surface area contributed by atoms with Crippen LogP contribution in [0.1, 0.15) is 16.1 Å². The fraction of sp³-hybridized carbons (Fsp3) is 0.111. The smallest absolute Gasteiger partial charge is 0.276 e. The van der Waals surface area contributed by atoms with E-state index in [0.717, 1.165) is 5.69 Å². The number of rotatable bonds is 5. The molecule has 1 heterocycles. The molecule has 0 fully saturated rings. The van der Waals surface area contributed by atoms with Crippen molar-refractivity contribution >= 4 is 34.8 Å². The second-order valence-electron chi connectivity index (χ2n) is 5.40. The largest absolute Gasteiger partial charge is 0.504 e. The molecule has 0 bridgehead atoms. The highest BCUT2D eigenvalue weighted by molar-refractivity contribution is 6.30. The topological polar surface area (TPSA) is 76.4 Å². The van der Waals surface area contributed by atoms with Crippen LogP contribution in [0.3, 0.4) is 0 Å². The number of ether oxygens (including phenoxy) is 1. The maximum atomic E-state index is 12.6. The number of hydrogen-bond acceptors (Lipinski definition) is 4. The van der Waals surface area contributed by atoms with Gasteiger partial charge in [-0.05, 0) is 36.4 Å². The molecular formula is C18H15Cl2N3O3. The minimum Gasteiger partial charge on any atom is -0.504 e. The van der Waals surface area contributed by atoms with E-state index < -0.39 is 5.91 Å². The molecule has 8 heteroatoms. The molecule has 0 radical (unpaired) electrons. The summed E-state index contributed by atoms with van der Waals surface area (Å²) in [5.74, 6) is -0.0398. The first-order valence-electron chi connectivity index (χ1n) is 7.60. The number of amides is 1. The molecule has 134 valence electrons. The molecule has 3 rings (SSSR count). The number of nitrogens with one attached hydrogen (secondary N) is 1. The van der Waals surface area contributed by atoms with Gasteiger partial charge in [-0.2, -0.15) is 5.10 Å². The van der Waals surface area contributed by atoms with Crippen LogP contribution in [0.15, 0.2) is 48.7 Å². The molecule has 2 N–H and O–H groups in total. The lowest BCUT2D eigenvalue weighted by atomic mass is 10.2. The number of aromatic hydroxyl groups is 1. The van der Waals surface area contributed by atoms with Gasteiger partial charge in [0.2, 0.25) is 0 Å². The van der Waals surface area contributed by atoms with Crippen molar-refractivity contribution in [3.63, 3.8) is 0 Å². The molecule has 6 nitrogen and oxygen atoms in total. The van der Waals surface area contributed by atoms with Gasteiger partial charge >= 0.3 is 0 Å². The molecule has 0 aliphatic rings. The van der Waals surface area contributed by atoms with Crippen molar-refractivity contribution in [2.24, 2.45) is 0 Å². The number of hydrogen-bond donors (Lipinski definition) is 2. The van der Waals surface area contributed by atoms with Gasteiger partial charge in [0, 0.05) is 28.5 Å². The summed E-state index contributed by atoms with van der Waals surface area (Å²) in [6.07, 6.45) is 1.70. The number of aromatic nitrogens is 2. The van der Waals surface area contributed by atoms with Crippen LogP contribution < -0.4 is 10.1 Å². The predicted octanol–water partition coefficient (Wildman–Crippen LogP) is 4.23. The Balaban J connectivity index is 1.88. The Kier molecular flexibility index (Phi) is 5.35. The quantitative estimate of drug-likeness (QED) is 0.503. The van der Waals surface area contributed by atoms with Gasteiger partial charge in [0.1, 0.15) is 0 Å². The zero-order chi connectivity index (χ0) is 18.7. The van der Waals surface area contributed by atoms with Crippen molar-refractivity contribution in [1.29, 1.82) is 0 Å². The van der Waals surface area contributed by atoms with E-state index in [-0.39, 0.29) is 23.1 Å². The van der Waals surface area contributed by atoms with Gasteiger partial charge in [0.05, 0.1) is 18.7 Å². The van der Waals surface area contributed by atoms with Gasteiger partial charge < -0.3 is 15.2 Å². The number of methoxy groups -OCH3 is 1. The van der Waals surface area contributed by atoms with E-state index in [9.17, 15) is 9.90 Å². The van der Waals surface area contributed by atoms with E-state index in [4.69, 9.17) is 27.9 Å². The van der Waals surface area contributed by atoms with Crippen LogP contribution in [0.25, 0.3) is 5.69 Å². The lowest BCUT2D eigenvalue weighted by molar-refractivity contribution is 0.102. The first kappa shape index (κ1) is 18.1. The average molecular weight is 392 g/mol.